The molecule has 0 atom stereocenters. The van der Waals surface area contributed by atoms with Crippen molar-refractivity contribution in [3.8, 4) is 0 Å². The molecule has 1 amide bonds. The van der Waals surface area contributed by atoms with Crippen molar-refractivity contribution in [1.82, 2.24) is 0 Å². The molecule has 0 fully saturated rings. The van der Waals surface area contributed by atoms with Gasteiger partial charge in [0.1, 0.15) is 0 Å². The molecule has 2 aromatic rings. The molecular weight excluding hydrogens is 314 g/mol. The normalized spacial score (nSPS) is 10.2. The number of methoxy groups -OCH3 is 1. The zero-order valence-corrected chi connectivity index (χ0v) is 13.8. The molecule has 0 aliphatic rings. The van der Waals surface area contributed by atoms with E-state index < -0.39 is 5.97 Å². The van der Waals surface area contributed by atoms with Crippen molar-refractivity contribution in [2.45, 2.75) is 19.8 Å². The van der Waals surface area contributed by atoms with Crippen molar-refractivity contribution in [3.63, 3.8) is 0 Å². The highest BCUT2D eigenvalue weighted by Crippen LogP contribution is 2.20. The molecule has 0 aliphatic heterocycles. The van der Waals surface area contributed by atoms with Crippen molar-refractivity contribution in [1.29, 1.82) is 0 Å². The summed E-state index contributed by atoms with van der Waals surface area (Å²) in [4.78, 5) is 23.8. The van der Waals surface area contributed by atoms with Gasteiger partial charge in [0.15, 0.2) is 0 Å². The van der Waals surface area contributed by atoms with Crippen LogP contribution in [0.3, 0.4) is 0 Å². The van der Waals surface area contributed by atoms with Gasteiger partial charge in [0, 0.05) is 17.1 Å². The van der Waals surface area contributed by atoms with Crippen molar-refractivity contribution < 1.29 is 14.3 Å². The average Bonchev–Trinajstić information content (AvgIpc) is 2.55. The van der Waals surface area contributed by atoms with Crippen LogP contribution in [0.25, 0.3) is 0 Å². The number of carbonyl (C=O) groups excluding carboxylic acids is 2. The molecular formula is C18H18ClNO3. The first-order valence-electron chi connectivity index (χ1n) is 7.23. The molecule has 0 spiro atoms. The second kappa shape index (κ2) is 7.79. The Morgan fingerprint density at radius 2 is 1.83 bits per heavy atom. The molecule has 5 heteroatoms. The fourth-order valence-corrected chi connectivity index (χ4v) is 2.35. The molecule has 0 bridgehead atoms. The Bertz CT molecular complexity index is 711. The Morgan fingerprint density at radius 1 is 1.13 bits per heavy atom. The van der Waals surface area contributed by atoms with Crippen LogP contribution in [0.5, 0.6) is 0 Å². The number of benzene rings is 2. The fraction of sp³-hybridized carbons (Fsp3) is 0.222. The second-order valence-electron chi connectivity index (χ2n) is 5.14. The van der Waals surface area contributed by atoms with Crippen molar-refractivity contribution in [2.75, 3.05) is 12.4 Å². The molecule has 4 nitrogen and oxygen atoms in total. The maximum absolute atomic E-state index is 12.1. The van der Waals surface area contributed by atoms with Gasteiger partial charge in [-0.05, 0) is 48.7 Å². The lowest BCUT2D eigenvalue weighted by atomic mass is 10.1. The van der Waals surface area contributed by atoms with E-state index >= 15 is 0 Å². The molecule has 2 rings (SSSR count). The SMILES string of the molecule is COC(=O)c1cccc(NC(=O)CCc2ccc(Cl)cc2)c1C. The number of esters is 1. The topological polar surface area (TPSA) is 55.4 Å². The van der Waals surface area contributed by atoms with Crippen LogP contribution in [0.1, 0.15) is 27.9 Å². The predicted octanol–water partition coefficient (Wildman–Crippen LogP) is 4.01. The molecule has 0 unspecified atom stereocenters. The molecule has 0 aliphatic carbocycles. The Kier molecular flexibility index (Phi) is 5.77. The van der Waals surface area contributed by atoms with Gasteiger partial charge in [0.25, 0.3) is 0 Å². The molecule has 0 saturated heterocycles. The highest BCUT2D eigenvalue weighted by Gasteiger charge is 2.13. The van der Waals surface area contributed by atoms with Crippen LogP contribution < -0.4 is 5.32 Å². The van der Waals surface area contributed by atoms with Gasteiger partial charge in [-0.3, -0.25) is 4.79 Å². The van der Waals surface area contributed by atoms with E-state index in [9.17, 15) is 9.59 Å². The molecule has 2 aromatic carbocycles. The van der Waals surface area contributed by atoms with Crippen LogP contribution in [0, 0.1) is 6.92 Å². The van der Waals surface area contributed by atoms with Crippen LogP contribution in [0.2, 0.25) is 5.02 Å². The van der Waals surface area contributed by atoms with Gasteiger partial charge in [-0.1, -0.05) is 29.8 Å². The van der Waals surface area contributed by atoms with Crippen LogP contribution in [0.4, 0.5) is 5.69 Å². The average molecular weight is 332 g/mol. The predicted molar refractivity (Wildman–Crippen MR) is 90.9 cm³/mol. The fourth-order valence-electron chi connectivity index (χ4n) is 2.22. The third-order valence-corrected chi connectivity index (χ3v) is 3.82. The first-order chi connectivity index (χ1) is 11.0. The van der Waals surface area contributed by atoms with E-state index in [1.54, 1.807) is 37.3 Å². The minimum atomic E-state index is -0.417. The zero-order valence-electron chi connectivity index (χ0n) is 13.1. The van der Waals surface area contributed by atoms with Gasteiger partial charge in [0.05, 0.1) is 12.7 Å². The van der Waals surface area contributed by atoms with E-state index in [0.717, 1.165) is 5.56 Å². The van der Waals surface area contributed by atoms with E-state index in [2.05, 4.69) is 5.32 Å². The number of carbonyl (C=O) groups is 2. The number of nitrogens with one attached hydrogen (secondary N) is 1. The third kappa shape index (κ3) is 4.57. The summed E-state index contributed by atoms with van der Waals surface area (Å²) >= 11 is 5.83. The molecule has 1 N–H and O–H groups in total. The Labute approximate surface area is 140 Å². The molecule has 0 saturated carbocycles. The van der Waals surface area contributed by atoms with Crippen LogP contribution in [-0.2, 0) is 16.0 Å². The van der Waals surface area contributed by atoms with E-state index in [0.29, 0.717) is 34.7 Å². The number of hydrogen-bond donors (Lipinski definition) is 1. The smallest absolute Gasteiger partial charge is 0.338 e. The quantitative estimate of drug-likeness (QED) is 0.842. The summed E-state index contributed by atoms with van der Waals surface area (Å²) < 4.78 is 4.73. The van der Waals surface area contributed by atoms with Crippen molar-refractivity contribution in [3.05, 3.63) is 64.2 Å². The first kappa shape index (κ1) is 17.0. The largest absolute Gasteiger partial charge is 0.465 e. The lowest BCUT2D eigenvalue weighted by molar-refractivity contribution is -0.116. The summed E-state index contributed by atoms with van der Waals surface area (Å²) in [6, 6.07) is 12.6. The van der Waals surface area contributed by atoms with Gasteiger partial charge in [-0.15, -0.1) is 0 Å². The maximum Gasteiger partial charge on any atom is 0.338 e. The lowest BCUT2D eigenvalue weighted by Crippen LogP contribution is -2.14. The second-order valence-corrected chi connectivity index (χ2v) is 5.58. The number of anilines is 1. The molecule has 0 radical (unpaired) electrons. The third-order valence-electron chi connectivity index (χ3n) is 3.57. The molecule has 23 heavy (non-hydrogen) atoms. The molecule has 0 aromatic heterocycles. The number of aryl methyl sites for hydroxylation is 1. The van der Waals surface area contributed by atoms with Gasteiger partial charge < -0.3 is 10.1 Å². The summed E-state index contributed by atoms with van der Waals surface area (Å²) in [5.74, 6) is -0.523. The number of rotatable bonds is 5. The van der Waals surface area contributed by atoms with Crippen LogP contribution in [0.15, 0.2) is 42.5 Å². The minimum Gasteiger partial charge on any atom is -0.465 e. The monoisotopic (exact) mass is 331 g/mol. The van der Waals surface area contributed by atoms with Gasteiger partial charge in [0.2, 0.25) is 5.91 Å². The lowest BCUT2D eigenvalue weighted by Gasteiger charge is -2.11. The number of amides is 1. The maximum atomic E-state index is 12.1. The minimum absolute atomic E-state index is 0.106. The van der Waals surface area contributed by atoms with Crippen molar-refractivity contribution >= 4 is 29.2 Å². The van der Waals surface area contributed by atoms with E-state index in [4.69, 9.17) is 16.3 Å². The summed E-state index contributed by atoms with van der Waals surface area (Å²) in [5, 5.41) is 3.51. The Hall–Kier alpha value is -2.33. The van der Waals surface area contributed by atoms with E-state index in [1.807, 2.05) is 12.1 Å². The van der Waals surface area contributed by atoms with Gasteiger partial charge >= 0.3 is 5.97 Å². The number of hydrogen-bond acceptors (Lipinski definition) is 3. The van der Waals surface area contributed by atoms with Crippen LogP contribution >= 0.6 is 11.6 Å². The van der Waals surface area contributed by atoms with Crippen molar-refractivity contribution in [2.24, 2.45) is 0 Å². The number of ether oxygens (including phenoxy) is 1. The summed E-state index contributed by atoms with van der Waals surface area (Å²) in [7, 11) is 1.33. The Morgan fingerprint density at radius 3 is 2.48 bits per heavy atom. The summed E-state index contributed by atoms with van der Waals surface area (Å²) in [6.07, 6.45) is 0.974. The van der Waals surface area contributed by atoms with Gasteiger partial charge in [-0.25, -0.2) is 4.79 Å². The molecule has 120 valence electrons. The van der Waals surface area contributed by atoms with E-state index in [-0.39, 0.29) is 5.91 Å². The van der Waals surface area contributed by atoms with Crippen LogP contribution in [-0.4, -0.2) is 19.0 Å². The summed E-state index contributed by atoms with van der Waals surface area (Å²) in [5.41, 5.74) is 2.81. The summed E-state index contributed by atoms with van der Waals surface area (Å²) in [6.45, 7) is 1.78. The zero-order chi connectivity index (χ0) is 16.8. The highest BCUT2D eigenvalue weighted by atomic mass is 35.5. The highest BCUT2D eigenvalue weighted by molar-refractivity contribution is 6.30. The standard InChI is InChI=1S/C18H18ClNO3/c1-12-15(18(22)23-2)4-3-5-16(12)20-17(21)11-8-13-6-9-14(19)10-7-13/h3-7,9-10H,8,11H2,1-2H3,(H,20,21). The first-order valence-corrected chi connectivity index (χ1v) is 7.61. The van der Waals surface area contributed by atoms with E-state index in [1.165, 1.54) is 7.11 Å². The Balaban J connectivity index is 2.00. The number of halogens is 1. The molecule has 0 heterocycles. The van der Waals surface area contributed by atoms with Gasteiger partial charge in [-0.2, -0.15) is 0 Å².